The van der Waals surface area contributed by atoms with E-state index in [9.17, 15) is 4.79 Å². The second-order valence-corrected chi connectivity index (χ2v) is 5.01. The molecule has 0 unspecified atom stereocenters. The Hall–Kier alpha value is -1.75. The summed E-state index contributed by atoms with van der Waals surface area (Å²) in [6.45, 7) is 2.84. The Morgan fingerprint density at radius 2 is 1.95 bits per heavy atom. The number of methoxy groups -OCH3 is 2. The van der Waals surface area contributed by atoms with E-state index in [0.29, 0.717) is 11.5 Å². The molecule has 1 amide bonds. The summed E-state index contributed by atoms with van der Waals surface area (Å²) in [5.74, 6) is 1.30. The predicted molar refractivity (Wildman–Crippen MR) is 78.6 cm³/mol. The van der Waals surface area contributed by atoms with E-state index >= 15 is 0 Å². The summed E-state index contributed by atoms with van der Waals surface area (Å²) < 4.78 is 10.5. The first-order valence-electron chi connectivity index (χ1n) is 6.92. The monoisotopic (exact) mass is 278 g/mol. The summed E-state index contributed by atoms with van der Waals surface area (Å²) in [5.41, 5.74) is 1.71. The van der Waals surface area contributed by atoms with Gasteiger partial charge in [-0.15, -0.1) is 0 Å². The van der Waals surface area contributed by atoms with Gasteiger partial charge >= 0.3 is 0 Å². The van der Waals surface area contributed by atoms with E-state index in [0.717, 1.165) is 37.1 Å². The third-order valence-corrected chi connectivity index (χ3v) is 3.62. The van der Waals surface area contributed by atoms with Crippen LogP contribution in [0.3, 0.4) is 0 Å². The number of rotatable bonds is 4. The molecule has 1 aromatic carbocycles. The third-order valence-electron chi connectivity index (χ3n) is 3.62. The fourth-order valence-electron chi connectivity index (χ4n) is 2.41. The molecule has 110 valence electrons. The van der Waals surface area contributed by atoms with Crippen LogP contribution in [0.2, 0.25) is 0 Å². The number of amides is 1. The normalized spacial score (nSPS) is 18.4. The van der Waals surface area contributed by atoms with Crippen LogP contribution in [0.4, 0.5) is 5.69 Å². The molecule has 2 N–H and O–H groups in total. The van der Waals surface area contributed by atoms with E-state index in [-0.39, 0.29) is 11.9 Å². The molecule has 20 heavy (non-hydrogen) atoms. The smallest absolute Gasteiger partial charge is 0.241 e. The number of ether oxygens (including phenoxy) is 2. The van der Waals surface area contributed by atoms with Gasteiger partial charge in [0.25, 0.3) is 0 Å². The van der Waals surface area contributed by atoms with Crippen molar-refractivity contribution in [2.24, 2.45) is 0 Å². The first-order valence-corrected chi connectivity index (χ1v) is 6.92. The standard InChI is InChI=1S/C15H22N2O3/c1-10-8-13(19-2)14(20-3)9-12(10)17-15(18)11-6-4-5-7-16-11/h8-9,11,16H,4-7H2,1-3H3,(H,17,18)/t11-/m1/s1. The first-order chi connectivity index (χ1) is 9.65. The number of nitrogens with one attached hydrogen (secondary N) is 2. The highest BCUT2D eigenvalue weighted by molar-refractivity contribution is 5.95. The Labute approximate surface area is 119 Å². The van der Waals surface area contributed by atoms with Crippen LogP contribution in [0.15, 0.2) is 12.1 Å². The van der Waals surface area contributed by atoms with Gasteiger partial charge in [0.15, 0.2) is 11.5 Å². The van der Waals surface area contributed by atoms with Crippen molar-refractivity contribution in [1.29, 1.82) is 0 Å². The van der Waals surface area contributed by atoms with Crippen LogP contribution in [-0.2, 0) is 4.79 Å². The number of benzene rings is 1. The van der Waals surface area contributed by atoms with Crippen molar-refractivity contribution >= 4 is 11.6 Å². The van der Waals surface area contributed by atoms with Crippen molar-refractivity contribution in [2.75, 3.05) is 26.1 Å². The average Bonchev–Trinajstić information content (AvgIpc) is 2.49. The van der Waals surface area contributed by atoms with Gasteiger partial charge in [-0.2, -0.15) is 0 Å². The molecule has 1 heterocycles. The highest BCUT2D eigenvalue weighted by Gasteiger charge is 2.21. The molecule has 1 aromatic rings. The van der Waals surface area contributed by atoms with E-state index in [1.807, 2.05) is 13.0 Å². The average molecular weight is 278 g/mol. The predicted octanol–water partition coefficient (Wildman–Crippen LogP) is 2.09. The van der Waals surface area contributed by atoms with Crippen molar-refractivity contribution in [1.82, 2.24) is 5.32 Å². The Bertz CT molecular complexity index is 482. The SMILES string of the molecule is COc1cc(C)c(NC(=O)[C@H]2CCCCN2)cc1OC. The summed E-state index contributed by atoms with van der Waals surface area (Å²) >= 11 is 0. The molecule has 0 aliphatic carbocycles. The van der Waals surface area contributed by atoms with Crippen molar-refractivity contribution in [3.63, 3.8) is 0 Å². The minimum absolute atomic E-state index is 0.0139. The number of hydrogen-bond acceptors (Lipinski definition) is 4. The summed E-state index contributed by atoms with van der Waals surface area (Å²) in [6, 6.07) is 3.56. The second-order valence-electron chi connectivity index (χ2n) is 5.01. The van der Waals surface area contributed by atoms with Crippen LogP contribution in [0.1, 0.15) is 24.8 Å². The van der Waals surface area contributed by atoms with E-state index in [2.05, 4.69) is 10.6 Å². The lowest BCUT2D eigenvalue weighted by Crippen LogP contribution is -2.43. The van der Waals surface area contributed by atoms with Crippen LogP contribution in [0, 0.1) is 6.92 Å². The van der Waals surface area contributed by atoms with Gasteiger partial charge in [0.1, 0.15) is 0 Å². The van der Waals surface area contributed by atoms with E-state index < -0.39 is 0 Å². The fourth-order valence-corrected chi connectivity index (χ4v) is 2.41. The van der Waals surface area contributed by atoms with Gasteiger partial charge in [0, 0.05) is 11.8 Å². The molecule has 0 radical (unpaired) electrons. The van der Waals surface area contributed by atoms with Gasteiger partial charge in [0.05, 0.1) is 20.3 Å². The number of anilines is 1. The summed E-state index contributed by atoms with van der Waals surface area (Å²) in [6.07, 6.45) is 3.12. The zero-order chi connectivity index (χ0) is 14.5. The fraction of sp³-hybridized carbons (Fsp3) is 0.533. The zero-order valence-corrected chi connectivity index (χ0v) is 12.3. The molecule has 5 nitrogen and oxygen atoms in total. The van der Waals surface area contributed by atoms with E-state index in [4.69, 9.17) is 9.47 Å². The molecule has 2 rings (SSSR count). The number of piperidine rings is 1. The van der Waals surface area contributed by atoms with Crippen LogP contribution in [0.5, 0.6) is 11.5 Å². The quantitative estimate of drug-likeness (QED) is 0.885. The van der Waals surface area contributed by atoms with Gasteiger partial charge in [-0.1, -0.05) is 6.42 Å². The van der Waals surface area contributed by atoms with Crippen LogP contribution in [0.25, 0.3) is 0 Å². The van der Waals surface area contributed by atoms with Crippen molar-refractivity contribution in [3.8, 4) is 11.5 Å². The van der Waals surface area contributed by atoms with Crippen molar-refractivity contribution < 1.29 is 14.3 Å². The molecule has 1 aliphatic heterocycles. The summed E-state index contributed by atoms with van der Waals surface area (Å²) in [4.78, 5) is 12.2. The molecule has 1 fully saturated rings. The minimum Gasteiger partial charge on any atom is -0.493 e. The molecular weight excluding hydrogens is 256 g/mol. The molecule has 1 saturated heterocycles. The van der Waals surface area contributed by atoms with Gasteiger partial charge < -0.3 is 20.1 Å². The largest absolute Gasteiger partial charge is 0.493 e. The van der Waals surface area contributed by atoms with Crippen LogP contribution < -0.4 is 20.1 Å². The zero-order valence-electron chi connectivity index (χ0n) is 12.3. The highest BCUT2D eigenvalue weighted by atomic mass is 16.5. The van der Waals surface area contributed by atoms with Gasteiger partial charge in [-0.05, 0) is 37.9 Å². The first kappa shape index (κ1) is 14.7. The molecule has 1 aliphatic rings. The van der Waals surface area contributed by atoms with E-state index in [1.165, 1.54) is 0 Å². The Morgan fingerprint density at radius 3 is 2.55 bits per heavy atom. The number of aryl methyl sites for hydroxylation is 1. The van der Waals surface area contributed by atoms with Crippen molar-refractivity contribution in [3.05, 3.63) is 17.7 Å². The van der Waals surface area contributed by atoms with Gasteiger partial charge in [0.2, 0.25) is 5.91 Å². The lowest BCUT2D eigenvalue weighted by atomic mass is 10.0. The highest BCUT2D eigenvalue weighted by Crippen LogP contribution is 2.33. The molecule has 5 heteroatoms. The number of hydrogen-bond donors (Lipinski definition) is 2. The molecular formula is C15H22N2O3. The topological polar surface area (TPSA) is 59.6 Å². The lowest BCUT2D eigenvalue weighted by molar-refractivity contribution is -0.118. The molecule has 0 bridgehead atoms. The maximum Gasteiger partial charge on any atom is 0.241 e. The minimum atomic E-state index is -0.101. The second kappa shape index (κ2) is 6.61. The lowest BCUT2D eigenvalue weighted by Gasteiger charge is -2.23. The Balaban J connectivity index is 2.13. The van der Waals surface area contributed by atoms with Gasteiger partial charge in [-0.25, -0.2) is 0 Å². The summed E-state index contributed by atoms with van der Waals surface area (Å²) in [5, 5.41) is 6.21. The van der Waals surface area contributed by atoms with Crippen molar-refractivity contribution in [2.45, 2.75) is 32.2 Å². The summed E-state index contributed by atoms with van der Waals surface area (Å²) in [7, 11) is 3.18. The molecule has 0 spiro atoms. The number of carbonyl (C=O) groups excluding carboxylic acids is 1. The van der Waals surface area contributed by atoms with E-state index in [1.54, 1.807) is 20.3 Å². The molecule has 0 aromatic heterocycles. The molecule has 0 saturated carbocycles. The molecule has 1 atom stereocenters. The van der Waals surface area contributed by atoms with Crippen LogP contribution >= 0.6 is 0 Å². The maximum atomic E-state index is 12.2. The van der Waals surface area contributed by atoms with Gasteiger partial charge in [-0.3, -0.25) is 4.79 Å². The third kappa shape index (κ3) is 3.22. The van der Waals surface area contributed by atoms with Crippen LogP contribution in [-0.4, -0.2) is 32.7 Å². The Kier molecular flexibility index (Phi) is 4.84. The number of carbonyl (C=O) groups is 1. The Morgan fingerprint density at radius 1 is 1.25 bits per heavy atom. The maximum absolute atomic E-state index is 12.2.